The van der Waals surface area contributed by atoms with E-state index in [2.05, 4.69) is 48.3 Å². The van der Waals surface area contributed by atoms with E-state index in [4.69, 9.17) is 0 Å². The first-order valence-electron chi connectivity index (χ1n) is 8.43. The smallest absolute Gasteiger partial charge is 0.318 e. The first-order chi connectivity index (χ1) is 11.5. The van der Waals surface area contributed by atoms with Crippen molar-refractivity contribution in [3.05, 3.63) is 48.0 Å². The SMILES string of the molecule is CC1CCC(C)(C)N1C(=O)NCc1ccc(Cn2cncn2)cc1. The van der Waals surface area contributed by atoms with Gasteiger partial charge in [-0.1, -0.05) is 24.3 Å². The Kier molecular flexibility index (Phi) is 4.55. The molecule has 0 bridgehead atoms. The second-order valence-corrected chi connectivity index (χ2v) is 7.14. The van der Waals surface area contributed by atoms with E-state index in [1.807, 2.05) is 17.0 Å². The fraction of sp³-hybridized carbons (Fsp3) is 0.500. The minimum Gasteiger partial charge on any atom is -0.334 e. The third kappa shape index (κ3) is 3.58. The lowest BCUT2D eigenvalue weighted by Gasteiger charge is -2.34. The number of carbonyl (C=O) groups is 1. The highest BCUT2D eigenvalue weighted by Gasteiger charge is 2.40. The predicted molar refractivity (Wildman–Crippen MR) is 92.4 cm³/mol. The zero-order valence-corrected chi connectivity index (χ0v) is 14.6. The topological polar surface area (TPSA) is 63.1 Å². The number of nitrogens with zero attached hydrogens (tertiary/aromatic N) is 4. The molecule has 1 aromatic heterocycles. The average Bonchev–Trinajstić information content (AvgIpc) is 3.14. The van der Waals surface area contributed by atoms with E-state index in [0.717, 1.165) is 24.0 Å². The highest BCUT2D eigenvalue weighted by molar-refractivity contribution is 5.75. The molecule has 6 nitrogen and oxygen atoms in total. The summed E-state index contributed by atoms with van der Waals surface area (Å²) in [6.07, 6.45) is 5.35. The molecule has 1 aliphatic heterocycles. The van der Waals surface area contributed by atoms with E-state index in [9.17, 15) is 4.79 Å². The van der Waals surface area contributed by atoms with Crippen molar-refractivity contribution in [2.75, 3.05) is 0 Å². The molecule has 24 heavy (non-hydrogen) atoms. The Morgan fingerprint density at radius 1 is 1.29 bits per heavy atom. The van der Waals surface area contributed by atoms with Crippen LogP contribution >= 0.6 is 0 Å². The maximum atomic E-state index is 12.5. The van der Waals surface area contributed by atoms with Gasteiger partial charge in [-0.15, -0.1) is 0 Å². The number of hydrogen-bond acceptors (Lipinski definition) is 3. The molecule has 1 aliphatic rings. The van der Waals surface area contributed by atoms with Gasteiger partial charge in [0.05, 0.1) is 6.54 Å². The van der Waals surface area contributed by atoms with Crippen molar-refractivity contribution in [1.29, 1.82) is 0 Å². The van der Waals surface area contributed by atoms with Crippen molar-refractivity contribution in [2.24, 2.45) is 0 Å². The molecule has 2 aromatic rings. The van der Waals surface area contributed by atoms with E-state index in [-0.39, 0.29) is 11.6 Å². The minimum atomic E-state index is -0.0643. The molecule has 1 saturated heterocycles. The predicted octanol–water partition coefficient (Wildman–Crippen LogP) is 2.80. The van der Waals surface area contributed by atoms with Gasteiger partial charge in [0.25, 0.3) is 0 Å². The van der Waals surface area contributed by atoms with Crippen LogP contribution in [-0.4, -0.2) is 37.3 Å². The van der Waals surface area contributed by atoms with Crippen LogP contribution in [0.3, 0.4) is 0 Å². The van der Waals surface area contributed by atoms with Gasteiger partial charge < -0.3 is 10.2 Å². The lowest BCUT2D eigenvalue weighted by molar-refractivity contribution is 0.145. The van der Waals surface area contributed by atoms with Gasteiger partial charge >= 0.3 is 6.03 Å². The number of urea groups is 1. The third-order valence-corrected chi connectivity index (χ3v) is 4.76. The largest absolute Gasteiger partial charge is 0.334 e. The summed E-state index contributed by atoms with van der Waals surface area (Å²) in [4.78, 5) is 18.4. The summed E-state index contributed by atoms with van der Waals surface area (Å²) < 4.78 is 1.79. The van der Waals surface area contributed by atoms with Crippen LogP contribution in [0.4, 0.5) is 4.79 Å². The van der Waals surface area contributed by atoms with Gasteiger partial charge in [-0.3, -0.25) is 0 Å². The van der Waals surface area contributed by atoms with Gasteiger partial charge in [0.15, 0.2) is 0 Å². The number of benzene rings is 1. The monoisotopic (exact) mass is 327 g/mol. The van der Waals surface area contributed by atoms with E-state index < -0.39 is 0 Å². The fourth-order valence-electron chi connectivity index (χ4n) is 3.41. The molecule has 128 valence electrons. The van der Waals surface area contributed by atoms with Crippen LogP contribution in [0.1, 0.15) is 44.7 Å². The maximum Gasteiger partial charge on any atom is 0.318 e. The zero-order chi connectivity index (χ0) is 17.2. The summed E-state index contributed by atoms with van der Waals surface area (Å²) >= 11 is 0. The Morgan fingerprint density at radius 2 is 2.00 bits per heavy atom. The minimum absolute atomic E-state index is 0.0247. The lowest BCUT2D eigenvalue weighted by Crippen LogP contribution is -2.50. The molecule has 1 N–H and O–H groups in total. The highest BCUT2D eigenvalue weighted by Crippen LogP contribution is 2.33. The molecule has 0 aliphatic carbocycles. The Labute approximate surface area is 142 Å². The van der Waals surface area contributed by atoms with Gasteiger partial charge in [-0.2, -0.15) is 5.10 Å². The quantitative estimate of drug-likeness (QED) is 0.939. The van der Waals surface area contributed by atoms with Crippen molar-refractivity contribution < 1.29 is 4.79 Å². The van der Waals surface area contributed by atoms with Crippen LogP contribution in [0.15, 0.2) is 36.9 Å². The summed E-state index contributed by atoms with van der Waals surface area (Å²) in [6, 6.07) is 8.54. The van der Waals surface area contributed by atoms with Crippen molar-refractivity contribution in [3.63, 3.8) is 0 Å². The Hall–Kier alpha value is -2.37. The Balaban J connectivity index is 1.56. The molecule has 1 unspecified atom stereocenters. The van der Waals surface area contributed by atoms with E-state index >= 15 is 0 Å². The Bertz CT molecular complexity index is 678. The standard InChI is InChI=1S/C18H25N5O/c1-14-8-9-18(2,3)23(14)17(24)20-10-15-4-6-16(7-5-15)11-22-13-19-12-21-22/h4-7,12-14H,8-11H2,1-3H3,(H,20,24). The van der Waals surface area contributed by atoms with E-state index in [1.54, 1.807) is 11.0 Å². The van der Waals surface area contributed by atoms with Crippen LogP contribution < -0.4 is 5.32 Å². The average molecular weight is 327 g/mol. The third-order valence-electron chi connectivity index (χ3n) is 4.76. The molecule has 2 heterocycles. The van der Waals surface area contributed by atoms with Crippen LogP contribution in [0.5, 0.6) is 0 Å². The molecule has 2 amide bonds. The van der Waals surface area contributed by atoms with Gasteiger partial charge in [-0.25, -0.2) is 14.5 Å². The summed E-state index contributed by atoms with van der Waals surface area (Å²) in [7, 11) is 0. The number of nitrogens with one attached hydrogen (secondary N) is 1. The van der Waals surface area contributed by atoms with Crippen LogP contribution in [0, 0.1) is 0 Å². The molecular weight excluding hydrogens is 302 g/mol. The number of hydrogen-bond donors (Lipinski definition) is 1. The van der Waals surface area contributed by atoms with Crippen LogP contribution in [-0.2, 0) is 13.1 Å². The summed E-state index contributed by atoms with van der Waals surface area (Å²) in [5.74, 6) is 0. The molecule has 3 rings (SSSR count). The molecular formula is C18H25N5O. The molecule has 1 fully saturated rings. The second-order valence-electron chi connectivity index (χ2n) is 7.14. The number of aromatic nitrogens is 3. The molecule has 1 atom stereocenters. The zero-order valence-electron chi connectivity index (χ0n) is 14.6. The highest BCUT2D eigenvalue weighted by atomic mass is 16.2. The van der Waals surface area contributed by atoms with Gasteiger partial charge in [-0.05, 0) is 44.7 Å². The molecule has 0 radical (unpaired) electrons. The van der Waals surface area contributed by atoms with Gasteiger partial charge in [0.1, 0.15) is 12.7 Å². The van der Waals surface area contributed by atoms with Gasteiger partial charge in [0.2, 0.25) is 0 Å². The lowest BCUT2D eigenvalue weighted by atomic mass is 10.0. The molecule has 0 saturated carbocycles. The number of rotatable bonds is 4. The number of carbonyl (C=O) groups excluding carboxylic acids is 1. The summed E-state index contributed by atoms with van der Waals surface area (Å²) in [5, 5.41) is 7.15. The van der Waals surface area contributed by atoms with E-state index in [1.165, 1.54) is 6.33 Å². The van der Waals surface area contributed by atoms with Gasteiger partial charge in [0, 0.05) is 18.1 Å². The molecule has 1 aromatic carbocycles. The summed E-state index contributed by atoms with van der Waals surface area (Å²) in [6.45, 7) is 7.63. The van der Waals surface area contributed by atoms with Crippen molar-refractivity contribution in [2.45, 2.75) is 58.3 Å². The van der Waals surface area contributed by atoms with Crippen LogP contribution in [0.25, 0.3) is 0 Å². The molecule has 6 heteroatoms. The number of amides is 2. The van der Waals surface area contributed by atoms with Crippen molar-refractivity contribution in [1.82, 2.24) is 25.0 Å². The van der Waals surface area contributed by atoms with Crippen molar-refractivity contribution >= 4 is 6.03 Å². The summed E-state index contributed by atoms with van der Waals surface area (Å²) in [5.41, 5.74) is 2.19. The van der Waals surface area contributed by atoms with Crippen molar-refractivity contribution in [3.8, 4) is 0 Å². The first kappa shape index (κ1) is 16.5. The van der Waals surface area contributed by atoms with E-state index in [0.29, 0.717) is 19.1 Å². The molecule has 0 spiro atoms. The fourth-order valence-corrected chi connectivity index (χ4v) is 3.41. The number of likely N-dealkylation sites (tertiary alicyclic amines) is 1. The van der Waals surface area contributed by atoms with Crippen LogP contribution in [0.2, 0.25) is 0 Å². The maximum absolute atomic E-state index is 12.5. The Morgan fingerprint density at radius 3 is 2.58 bits per heavy atom. The second kappa shape index (κ2) is 6.63. The normalized spacial score (nSPS) is 19.5. The first-order valence-corrected chi connectivity index (χ1v) is 8.43.